The highest BCUT2D eigenvalue weighted by molar-refractivity contribution is 6.30. The molecule has 0 aliphatic carbocycles. The van der Waals surface area contributed by atoms with Crippen LogP contribution in [0.2, 0.25) is 5.02 Å². The highest BCUT2D eigenvalue weighted by Crippen LogP contribution is 2.31. The van der Waals surface area contributed by atoms with Gasteiger partial charge in [0.1, 0.15) is 0 Å². The summed E-state index contributed by atoms with van der Waals surface area (Å²) in [5, 5.41) is 24.5. The van der Waals surface area contributed by atoms with Crippen molar-refractivity contribution in [3.63, 3.8) is 0 Å². The second-order valence-electron chi connectivity index (χ2n) is 9.75. The average molecular weight is 508 g/mol. The fraction of sp³-hybridized carbons (Fsp3) is 0.407. The maximum atomic E-state index is 11.0. The van der Waals surface area contributed by atoms with Gasteiger partial charge in [0.05, 0.1) is 18.3 Å². The number of β-amino-alcohol motifs (C(OH)–C–C–N with tert-alkyl or cyclic N) is 1. The summed E-state index contributed by atoms with van der Waals surface area (Å²) in [5.41, 5.74) is 12.4. The summed E-state index contributed by atoms with van der Waals surface area (Å²) in [4.78, 5) is 6.63. The number of aryl methyl sites for hydroxylation is 1. The molecule has 36 heavy (non-hydrogen) atoms. The molecule has 190 valence electrons. The van der Waals surface area contributed by atoms with Crippen LogP contribution in [0.3, 0.4) is 0 Å². The van der Waals surface area contributed by atoms with Gasteiger partial charge < -0.3 is 20.6 Å². The van der Waals surface area contributed by atoms with Crippen LogP contribution in [0.25, 0.3) is 11.3 Å². The van der Waals surface area contributed by atoms with Crippen molar-refractivity contribution >= 4 is 23.2 Å². The van der Waals surface area contributed by atoms with Gasteiger partial charge in [0.15, 0.2) is 5.96 Å². The van der Waals surface area contributed by atoms with E-state index in [2.05, 4.69) is 41.0 Å². The molecule has 1 unspecified atom stereocenters. The number of hydrogen-bond donors (Lipinski definition) is 3. The SMILES string of the molecule is Cc1ccccc1N1CCN(CC(O)Cn2nc(-c3ccc(Cl)cc3)c3c2CCN(C(=N)N)C3)CC1. The van der Waals surface area contributed by atoms with Crippen LogP contribution in [-0.4, -0.2) is 76.0 Å². The summed E-state index contributed by atoms with van der Waals surface area (Å²) in [6.45, 7) is 8.18. The lowest BCUT2D eigenvalue weighted by Gasteiger charge is -2.37. The number of nitrogens with zero attached hydrogens (tertiary/aromatic N) is 5. The molecule has 1 saturated heterocycles. The molecule has 2 aliphatic heterocycles. The van der Waals surface area contributed by atoms with Crippen molar-refractivity contribution in [2.24, 2.45) is 5.73 Å². The zero-order valence-corrected chi connectivity index (χ0v) is 21.5. The fourth-order valence-corrected chi connectivity index (χ4v) is 5.46. The summed E-state index contributed by atoms with van der Waals surface area (Å²) in [6.07, 6.45) is 0.208. The molecule has 8 nitrogen and oxygen atoms in total. The Morgan fingerprint density at radius 2 is 1.78 bits per heavy atom. The molecule has 0 amide bonds. The third-order valence-corrected chi connectivity index (χ3v) is 7.53. The Labute approximate surface area is 217 Å². The van der Waals surface area contributed by atoms with Gasteiger partial charge in [-0.1, -0.05) is 41.9 Å². The minimum atomic E-state index is -0.525. The number of hydrogen-bond acceptors (Lipinski definition) is 5. The average Bonchev–Trinajstić information content (AvgIpc) is 3.22. The largest absolute Gasteiger partial charge is 0.390 e. The number of benzene rings is 2. The number of para-hydroxylation sites is 1. The van der Waals surface area contributed by atoms with Gasteiger partial charge >= 0.3 is 0 Å². The minimum Gasteiger partial charge on any atom is -0.390 e. The second kappa shape index (κ2) is 10.5. The first-order valence-electron chi connectivity index (χ1n) is 12.5. The number of guanidine groups is 1. The van der Waals surface area contributed by atoms with E-state index in [9.17, 15) is 5.11 Å². The predicted octanol–water partition coefficient (Wildman–Crippen LogP) is 2.95. The van der Waals surface area contributed by atoms with Crippen molar-refractivity contribution < 1.29 is 5.11 Å². The van der Waals surface area contributed by atoms with Gasteiger partial charge in [-0.05, 0) is 30.7 Å². The summed E-state index contributed by atoms with van der Waals surface area (Å²) in [7, 11) is 0. The molecule has 9 heteroatoms. The first-order chi connectivity index (χ1) is 17.4. The van der Waals surface area contributed by atoms with E-state index in [1.165, 1.54) is 11.3 Å². The smallest absolute Gasteiger partial charge is 0.188 e. The molecule has 2 aliphatic rings. The first-order valence-corrected chi connectivity index (χ1v) is 12.9. The molecule has 1 fully saturated rings. The molecule has 3 aromatic rings. The van der Waals surface area contributed by atoms with Crippen molar-refractivity contribution in [2.45, 2.75) is 32.5 Å². The number of nitrogens with one attached hydrogen (secondary N) is 1. The maximum Gasteiger partial charge on any atom is 0.188 e. The predicted molar refractivity (Wildman–Crippen MR) is 145 cm³/mol. The number of anilines is 1. The van der Waals surface area contributed by atoms with Crippen LogP contribution >= 0.6 is 11.6 Å². The van der Waals surface area contributed by atoms with Crippen molar-refractivity contribution in [1.29, 1.82) is 5.41 Å². The lowest BCUT2D eigenvalue weighted by molar-refractivity contribution is 0.0911. The van der Waals surface area contributed by atoms with Crippen LogP contribution in [0.15, 0.2) is 48.5 Å². The molecule has 3 heterocycles. The molecule has 0 radical (unpaired) electrons. The van der Waals surface area contributed by atoms with Crippen molar-refractivity contribution in [1.82, 2.24) is 19.6 Å². The van der Waals surface area contributed by atoms with Crippen molar-refractivity contribution in [3.8, 4) is 11.3 Å². The summed E-state index contributed by atoms with van der Waals surface area (Å²) >= 11 is 6.11. The van der Waals surface area contributed by atoms with Crippen LogP contribution in [0.5, 0.6) is 0 Å². The zero-order chi connectivity index (χ0) is 25.2. The highest BCUT2D eigenvalue weighted by atomic mass is 35.5. The van der Waals surface area contributed by atoms with Crippen LogP contribution in [0.4, 0.5) is 5.69 Å². The number of rotatable bonds is 6. The number of aliphatic hydroxyl groups excluding tert-OH is 1. The Morgan fingerprint density at radius 1 is 1.06 bits per heavy atom. The maximum absolute atomic E-state index is 11.0. The number of fused-ring (bicyclic) bond motifs is 1. The fourth-order valence-electron chi connectivity index (χ4n) is 5.33. The molecule has 0 saturated carbocycles. The van der Waals surface area contributed by atoms with Crippen LogP contribution in [0.1, 0.15) is 16.8 Å². The standard InChI is InChI=1S/C27H34ClN7O/c1-19-4-2-3-5-24(19)33-14-12-32(13-15-33)16-22(36)17-35-25-10-11-34(27(29)30)18-23(25)26(31-35)20-6-8-21(28)9-7-20/h2-9,22,36H,10-18H2,1H3,(H3,29,30). The molecule has 5 rings (SSSR count). The Morgan fingerprint density at radius 3 is 2.47 bits per heavy atom. The third kappa shape index (κ3) is 5.21. The van der Waals surface area contributed by atoms with E-state index in [1.807, 2.05) is 33.8 Å². The molecular weight excluding hydrogens is 474 g/mol. The molecule has 0 bridgehead atoms. The monoisotopic (exact) mass is 507 g/mol. The van der Waals surface area contributed by atoms with Crippen LogP contribution in [-0.2, 0) is 19.5 Å². The van der Waals surface area contributed by atoms with E-state index >= 15 is 0 Å². The van der Waals surface area contributed by atoms with Gasteiger partial charge in [-0.3, -0.25) is 15.0 Å². The number of aliphatic hydroxyl groups is 1. The summed E-state index contributed by atoms with van der Waals surface area (Å²) in [5.74, 6) is 0.0697. The van der Waals surface area contributed by atoms with E-state index in [0.717, 1.165) is 55.1 Å². The lowest BCUT2D eigenvalue weighted by atomic mass is 10.0. The van der Waals surface area contributed by atoms with Gasteiger partial charge in [0, 0.05) is 79.8 Å². The van der Waals surface area contributed by atoms with Crippen LogP contribution in [0, 0.1) is 12.3 Å². The molecular formula is C27H34ClN7O. The quantitative estimate of drug-likeness (QED) is 0.350. The minimum absolute atomic E-state index is 0.0697. The van der Waals surface area contributed by atoms with Gasteiger partial charge in [0.25, 0.3) is 0 Å². The molecule has 0 spiro atoms. The lowest BCUT2D eigenvalue weighted by Crippen LogP contribution is -2.49. The van der Waals surface area contributed by atoms with E-state index in [4.69, 9.17) is 27.8 Å². The number of piperazine rings is 1. The van der Waals surface area contributed by atoms with Gasteiger partial charge in [0.2, 0.25) is 0 Å². The van der Waals surface area contributed by atoms with E-state index < -0.39 is 6.10 Å². The van der Waals surface area contributed by atoms with Crippen LogP contribution < -0.4 is 10.6 Å². The third-order valence-electron chi connectivity index (χ3n) is 7.27. The van der Waals surface area contributed by atoms with E-state index in [-0.39, 0.29) is 5.96 Å². The summed E-state index contributed by atoms with van der Waals surface area (Å²) in [6, 6.07) is 16.2. The Balaban J connectivity index is 1.27. The summed E-state index contributed by atoms with van der Waals surface area (Å²) < 4.78 is 1.96. The van der Waals surface area contributed by atoms with Crippen molar-refractivity contribution in [2.75, 3.05) is 44.2 Å². The van der Waals surface area contributed by atoms with Gasteiger partial charge in [-0.2, -0.15) is 5.10 Å². The zero-order valence-electron chi connectivity index (χ0n) is 20.7. The van der Waals surface area contributed by atoms with Gasteiger partial charge in [-0.25, -0.2) is 0 Å². The molecule has 4 N–H and O–H groups in total. The normalized spacial score (nSPS) is 17.2. The Hall–Kier alpha value is -3.07. The molecule has 1 atom stereocenters. The highest BCUT2D eigenvalue weighted by Gasteiger charge is 2.28. The Kier molecular flexibility index (Phi) is 7.18. The second-order valence-corrected chi connectivity index (χ2v) is 10.2. The Bertz CT molecular complexity index is 1220. The first kappa shape index (κ1) is 24.6. The number of halogens is 1. The van der Waals surface area contributed by atoms with E-state index in [1.54, 1.807) is 0 Å². The van der Waals surface area contributed by atoms with E-state index in [0.29, 0.717) is 31.2 Å². The number of nitrogens with two attached hydrogens (primary N) is 1. The molecule has 2 aromatic carbocycles. The number of aromatic nitrogens is 2. The molecule has 1 aromatic heterocycles. The van der Waals surface area contributed by atoms with Crippen molar-refractivity contribution in [3.05, 3.63) is 70.4 Å². The topological polar surface area (TPSA) is 97.6 Å². The van der Waals surface area contributed by atoms with Gasteiger partial charge in [-0.15, -0.1) is 0 Å².